The van der Waals surface area contributed by atoms with E-state index in [-0.39, 0.29) is 34.6 Å². The van der Waals surface area contributed by atoms with Gasteiger partial charge in [-0.15, -0.1) is 0 Å². The van der Waals surface area contributed by atoms with Gasteiger partial charge in [-0.1, -0.05) is 6.58 Å². The average molecular weight is 526 g/mol. The molecule has 6 fully saturated rings. The number of rotatable bonds is 8. The first kappa shape index (κ1) is 25.1. The fourth-order valence-electron chi connectivity index (χ4n) is 8.90. The van der Waals surface area contributed by atoms with Gasteiger partial charge in [-0.3, -0.25) is 9.59 Å². The van der Waals surface area contributed by atoms with E-state index in [1.54, 1.807) is 28.6 Å². The van der Waals surface area contributed by atoms with Gasteiger partial charge in [-0.05, 0) is 123 Å². The summed E-state index contributed by atoms with van der Waals surface area (Å²) in [6.45, 7) is 5.13. The zero-order valence-electron chi connectivity index (χ0n) is 21.5. The Labute approximate surface area is 220 Å². The van der Waals surface area contributed by atoms with Crippen molar-refractivity contribution in [3.8, 4) is 0 Å². The molecule has 2 N–H and O–H groups in total. The third-order valence-electron chi connectivity index (χ3n) is 10.1. The van der Waals surface area contributed by atoms with E-state index in [4.69, 9.17) is 0 Å². The van der Waals surface area contributed by atoms with Gasteiger partial charge in [0.15, 0.2) is 0 Å². The molecule has 1 saturated heterocycles. The van der Waals surface area contributed by atoms with Crippen molar-refractivity contribution in [2.75, 3.05) is 19.6 Å². The highest BCUT2D eigenvalue weighted by molar-refractivity contribution is 7.89. The van der Waals surface area contributed by atoms with Crippen molar-refractivity contribution in [3.05, 3.63) is 42.5 Å². The summed E-state index contributed by atoms with van der Waals surface area (Å²) in [4.78, 5) is 24.6. The fourth-order valence-corrected chi connectivity index (χ4v) is 10.5. The molecule has 2 atom stereocenters. The van der Waals surface area contributed by atoms with Crippen LogP contribution < -0.4 is 10.6 Å². The topological polar surface area (TPSA) is 95.6 Å². The summed E-state index contributed by atoms with van der Waals surface area (Å²) in [5.74, 6) is 2.93. The van der Waals surface area contributed by atoms with Gasteiger partial charge in [0.05, 0.1) is 4.90 Å². The Morgan fingerprint density at radius 1 is 0.946 bits per heavy atom. The molecule has 1 aromatic carbocycles. The standard InChI is InChI=1S/C29H39N3O4S/c1-2-27(33)31-25-12-23-17-32(18-24(23)13-25)37(35,36)26-5-3-22(4-6-26)28(34)30-8-7-29-14-19-9-20(15-29)11-21(10-19)16-29/h2-6,19-21,23-25H,1,7-18H2,(H,30,34)(H,31,33). The third-order valence-corrected chi connectivity index (χ3v) is 12.0. The molecule has 5 aliphatic carbocycles. The molecule has 5 saturated carbocycles. The van der Waals surface area contributed by atoms with Crippen LogP contribution in [0.2, 0.25) is 0 Å². The van der Waals surface area contributed by atoms with Crippen molar-refractivity contribution in [3.63, 3.8) is 0 Å². The molecule has 2 amide bonds. The largest absolute Gasteiger partial charge is 0.352 e. The van der Waals surface area contributed by atoms with E-state index in [0.717, 1.165) is 37.0 Å². The van der Waals surface area contributed by atoms with Crippen molar-refractivity contribution in [1.29, 1.82) is 0 Å². The van der Waals surface area contributed by atoms with Crippen LogP contribution in [0.25, 0.3) is 0 Å². The van der Waals surface area contributed by atoms with Crippen molar-refractivity contribution in [2.24, 2.45) is 35.0 Å². The van der Waals surface area contributed by atoms with Gasteiger partial charge in [0.2, 0.25) is 15.9 Å². The molecule has 2 unspecified atom stereocenters. The predicted octanol–water partition coefficient (Wildman–Crippen LogP) is 3.72. The summed E-state index contributed by atoms with van der Waals surface area (Å²) in [7, 11) is -3.61. The molecule has 0 spiro atoms. The maximum atomic E-state index is 13.3. The van der Waals surface area contributed by atoms with Crippen LogP contribution in [0.4, 0.5) is 0 Å². The summed E-state index contributed by atoms with van der Waals surface area (Å²) >= 11 is 0. The van der Waals surface area contributed by atoms with Crippen LogP contribution in [-0.2, 0) is 14.8 Å². The molecule has 8 heteroatoms. The smallest absolute Gasteiger partial charge is 0.251 e. The molecular formula is C29H39N3O4S. The van der Waals surface area contributed by atoms with Gasteiger partial charge in [-0.25, -0.2) is 8.42 Å². The van der Waals surface area contributed by atoms with Gasteiger partial charge in [0, 0.05) is 31.2 Å². The van der Waals surface area contributed by atoms with E-state index in [1.165, 1.54) is 44.6 Å². The second-order valence-corrected chi connectivity index (χ2v) is 14.6. The molecule has 1 heterocycles. The second-order valence-electron chi connectivity index (χ2n) is 12.7. The Balaban J connectivity index is 1.01. The van der Waals surface area contributed by atoms with E-state index in [0.29, 0.717) is 30.6 Å². The van der Waals surface area contributed by atoms with Crippen LogP contribution >= 0.6 is 0 Å². The number of fused-ring (bicyclic) bond motifs is 1. The van der Waals surface area contributed by atoms with Crippen molar-refractivity contribution >= 4 is 21.8 Å². The highest BCUT2D eigenvalue weighted by atomic mass is 32.2. The molecule has 200 valence electrons. The second kappa shape index (κ2) is 9.53. The van der Waals surface area contributed by atoms with Gasteiger partial charge < -0.3 is 10.6 Å². The lowest BCUT2D eigenvalue weighted by Crippen LogP contribution is -2.47. The lowest BCUT2D eigenvalue weighted by atomic mass is 9.49. The Hall–Kier alpha value is -2.19. The Kier molecular flexibility index (Phi) is 6.46. The van der Waals surface area contributed by atoms with Crippen LogP contribution in [0, 0.1) is 35.0 Å². The first-order chi connectivity index (χ1) is 17.7. The minimum atomic E-state index is -3.61. The summed E-state index contributed by atoms with van der Waals surface area (Å²) in [5.41, 5.74) is 0.939. The van der Waals surface area contributed by atoms with Crippen LogP contribution in [-0.4, -0.2) is 50.2 Å². The molecule has 4 bridgehead atoms. The first-order valence-corrected chi connectivity index (χ1v) is 15.5. The molecule has 7 rings (SSSR count). The summed E-state index contributed by atoms with van der Waals surface area (Å²) in [5, 5.41) is 6.04. The molecule has 0 aromatic heterocycles. The first-order valence-electron chi connectivity index (χ1n) is 14.0. The molecule has 6 aliphatic rings. The molecule has 37 heavy (non-hydrogen) atoms. The molecule has 0 radical (unpaired) electrons. The van der Waals surface area contributed by atoms with E-state index >= 15 is 0 Å². The number of hydrogen-bond donors (Lipinski definition) is 2. The van der Waals surface area contributed by atoms with Crippen LogP contribution in [0.15, 0.2) is 41.8 Å². The normalized spacial score (nSPS) is 36.3. The van der Waals surface area contributed by atoms with Crippen molar-refractivity contribution in [2.45, 2.75) is 68.7 Å². The minimum absolute atomic E-state index is 0.0890. The predicted molar refractivity (Wildman–Crippen MR) is 141 cm³/mol. The zero-order valence-corrected chi connectivity index (χ0v) is 22.3. The number of amides is 2. The van der Waals surface area contributed by atoms with Gasteiger partial charge >= 0.3 is 0 Å². The summed E-state index contributed by atoms with van der Waals surface area (Å²) < 4.78 is 28.1. The van der Waals surface area contributed by atoms with E-state index in [9.17, 15) is 18.0 Å². The molecule has 1 aromatic rings. The number of hydrogen-bond acceptors (Lipinski definition) is 4. The molecule has 1 aliphatic heterocycles. The highest BCUT2D eigenvalue weighted by Crippen LogP contribution is 2.61. The van der Waals surface area contributed by atoms with E-state index in [1.807, 2.05) is 0 Å². The van der Waals surface area contributed by atoms with Crippen molar-refractivity contribution < 1.29 is 18.0 Å². The zero-order chi connectivity index (χ0) is 25.8. The van der Waals surface area contributed by atoms with Crippen LogP contribution in [0.5, 0.6) is 0 Å². The summed E-state index contributed by atoms with van der Waals surface area (Å²) in [6, 6.07) is 6.47. The number of carbonyl (C=O) groups excluding carboxylic acids is 2. The number of carbonyl (C=O) groups is 2. The number of nitrogens with zero attached hydrogens (tertiary/aromatic N) is 1. The maximum Gasteiger partial charge on any atom is 0.251 e. The lowest BCUT2D eigenvalue weighted by molar-refractivity contribution is -0.117. The lowest BCUT2D eigenvalue weighted by Gasteiger charge is -2.57. The van der Waals surface area contributed by atoms with E-state index < -0.39 is 10.0 Å². The molecule has 7 nitrogen and oxygen atoms in total. The van der Waals surface area contributed by atoms with E-state index in [2.05, 4.69) is 17.2 Å². The van der Waals surface area contributed by atoms with Gasteiger partial charge in [0.1, 0.15) is 0 Å². The highest BCUT2D eigenvalue weighted by Gasteiger charge is 2.50. The van der Waals surface area contributed by atoms with Crippen molar-refractivity contribution in [1.82, 2.24) is 14.9 Å². The Morgan fingerprint density at radius 3 is 2.05 bits per heavy atom. The number of sulfonamides is 1. The number of nitrogens with one attached hydrogen (secondary N) is 2. The molecular weight excluding hydrogens is 486 g/mol. The SMILES string of the molecule is C=CC(=O)NC1CC2CN(S(=O)(=O)c3ccc(C(=O)NCCC45CC6CC(CC(C6)C4)C5)cc3)CC2C1. The van der Waals surface area contributed by atoms with Gasteiger partial charge in [0.25, 0.3) is 5.91 Å². The third kappa shape index (κ3) is 4.87. The Bertz CT molecular complexity index is 1130. The quantitative estimate of drug-likeness (QED) is 0.506. The monoisotopic (exact) mass is 525 g/mol. The van der Waals surface area contributed by atoms with Crippen LogP contribution in [0.3, 0.4) is 0 Å². The Morgan fingerprint density at radius 2 is 1.51 bits per heavy atom. The maximum absolute atomic E-state index is 13.3. The summed E-state index contributed by atoms with van der Waals surface area (Å²) in [6.07, 6.45) is 12.2. The van der Waals surface area contributed by atoms with Gasteiger partial charge in [-0.2, -0.15) is 4.31 Å². The average Bonchev–Trinajstić information content (AvgIpc) is 3.42. The fraction of sp³-hybridized carbons (Fsp3) is 0.655. The number of benzene rings is 1. The minimum Gasteiger partial charge on any atom is -0.352 e. The van der Waals surface area contributed by atoms with Crippen LogP contribution in [0.1, 0.15) is 68.1 Å².